The molecule has 0 saturated heterocycles. The lowest BCUT2D eigenvalue weighted by Gasteiger charge is -2.28. The molecule has 10 heteroatoms. The monoisotopic (exact) mass is 448 g/mol. The number of carbonyl (C=O) groups is 1. The lowest BCUT2D eigenvalue weighted by atomic mass is 9.81. The summed E-state index contributed by atoms with van der Waals surface area (Å²) in [6, 6.07) is 11.0. The third-order valence-electron chi connectivity index (χ3n) is 5.45. The minimum absolute atomic E-state index is 0.131. The molecule has 1 fully saturated rings. The third-order valence-corrected chi connectivity index (χ3v) is 7.45. The topological polar surface area (TPSA) is 101 Å². The Balaban J connectivity index is 1.31. The molecular weight excluding hydrogens is 427 g/mol. The third kappa shape index (κ3) is 4.50. The van der Waals surface area contributed by atoms with Gasteiger partial charge < -0.3 is 5.32 Å². The second-order valence-electron chi connectivity index (χ2n) is 7.43. The molecule has 0 unspecified atom stereocenters. The Hall–Kier alpha value is -2.43. The van der Waals surface area contributed by atoms with Crippen molar-refractivity contribution in [3.63, 3.8) is 0 Å². The number of sulfonamides is 1. The largest absolute Gasteiger partial charge is 0.323 e. The standard InChI is InChI=1S/C20H21FN4O3S2/c21-15-4-1-2-5-16(15)23-20(26)14-10-8-13(9-11-14)12-22-30(27,28)18-7-3-6-17-19(18)25-29-24-17/h1-7,13-14,22H,8-12H2,(H,23,26). The summed E-state index contributed by atoms with van der Waals surface area (Å²) >= 11 is 0.980. The predicted octanol–water partition coefficient (Wildman–Crippen LogP) is 3.55. The summed E-state index contributed by atoms with van der Waals surface area (Å²) in [4.78, 5) is 12.6. The van der Waals surface area contributed by atoms with Crippen LogP contribution in [0, 0.1) is 17.7 Å². The van der Waals surface area contributed by atoms with E-state index in [0.29, 0.717) is 30.4 Å². The van der Waals surface area contributed by atoms with Crippen LogP contribution in [0.3, 0.4) is 0 Å². The number of hydrogen-bond acceptors (Lipinski definition) is 6. The van der Waals surface area contributed by atoms with Crippen molar-refractivity contribution in [2.75, 3.05) is 11.9 Å². The number of para-hydroxylation sites is 1. The summed E-state index contributed by atoms with van der Waals surface area (Å²) in [6.45, 7) is 0.304. The van der Waals surface area contributed by atoms with Crippen molar-refractivity contribution in [1.29, 1.82) is 0 Å². The molecule has 0 atom stereocenters. The van der Waals surface area contributed by atoms with Crippen LogP contribution in [0.1, 0.15) is 25.7 Å². The zero-order chi connectivity index (χ0) is 21.1. The van der Waals surface area contributed by atoms with Gasteiger partial charge in [0.25, 0.3) is 0 Å². The van der Waals surface area contributed by atoms with E-state index in [1.54, 1.807) is 24.3 Å². The molecule has 0 spiro atoms. The second kappa shape index (κ2) is 8.75. The minimum Gasteiger partial charge on any atom is -0.323 e. The number of nitrogens with zero attached hydrogens (tertiary/aromatic N) is 2. The van der Waals surface area contributed by atoms with E-state index in [1.807, 2.05) is 0 Å². The van der Waals surface area contributed by atoms with Gasteiger partial charge in [-0.15, -0.1) is 0 Å². The number of halogens is 1. The van der Waals surface area contributed by atoms with Gasteiger partial charge in [-0.05, 0) is 55.9 Å². The summed E-state index contributed by atoms with van der Waals surface area (Å²) in [5, 5.41) is 2.65. The number of nitrogens with one attached hydrogen (secondary N) is 2. The Bertz CT molecular complexity index is 1160. The molecule has 1 aromatic heterocycles. The van der Waals surface area contributed by atoms with Gasteiger partial charge in [0, 0.05) is 12.5 Å². The van der Waals surface area contributed by atoms with Gasteiger partial charge in [0.2, 0.25) is 15.9 Å². The van der Waals surface area contributed by atoms with Crippen molar-refractivity contribution in [1.82, 2.24) is 13.5 Å². The van der Waals surface area contributed by atoms with Crippen molar-refractivity contribution >= 4 is 44.4 Å². The van der Waals surface area contributed by atoms with E-state index >= 15 is 0 Å². The maximum atomic E-state index is 13.7. The van der Waals surface area contributed by atoms with E-state index in [9.17, 15) is 17.6 Å². The molecule has 2 aromatic carbocycles. The highest BCUT2D eigenvalue weighted by Crippen LogP contribution is 2.30. The summed E-state index contributed by atoms with van der Waals surface area (Å²) in [7, 11) is -3.70. The highest BCUT2D eigenvalue weighted by Gasteiger charge is 2.28. The van der Waals surface area contributed by atoms with Gasteiger partial charge in [-0.1, -0.05) is 18.2 Å². The first-order valence-corrected chi connectivity index (χ1v) is 11.9. The van der Waals surface area contributed by atoms with E-state index in [1.165, 1.54) is 18.2 Å². The first kappa shape index (κ1) is 20.8. The van der Waals surface area contributed by atoms with Gasteiger partial charge in [-0.25, -0.2) is 17.5 Å². The Kier molecular flexibility index (Phi) is 6.07. The van der Waals surface area contributed by atoms with Crippen LogP contribution in [0.5, 0.6) is 0 Å². The van der Waals surface area contributed by atoms with E-state index in [2.05, 4.69) is 18.8 Å². The molecule has 1 aliphatic carbocycles. The number of anilines is 1. The first-order chi connectivity index (χ1) is 14.4. The SMILES string of the molecule is O=C(Nc1ccccc1F)C1CCC(CNS(=O)(=O)c2cccc3nsnc23)CC1. The van der Waals surface area contributed by atoms with Crippen molar-refractivity contribution in [2.45, 2.75) is 30.6 Å². The second-order valence-corrected chi connectivity index (χ2v) is 9.69. The van der Waals surface area contributed by atoms with E-state index in [-0.39, 0.29) is 28.3 Å². The van der Waals surface area contributed by atoms with Crippen molar-refractivity contribution in [2.24, 2.45) is 11.8 Å². The normalized spacial score (nSPS) is 19.6. The first-order valence-electron chi connectivity index (χ1n) is 9.70. The van der Waals surface area contributed by atoms with Crippen LogP contribution in [0.25, 0.3) is 11.0 Å². The number of carbonyl (C=O) groups excluding carboxylic acids is 1. The van der Waals surface area contributed by atoms with Crippen LogP contribution in [0.2, 0.25) is 0 Å². The number of aromatic nitrogens is 2. The molecule has 0 aliphatic heterocycles. The lowest BCUT2D eigenvalue weighted by Crippen LogP contribution is -2.33. The van der Waals surface area contributed by atoms with Crippen molar-refractivity contribution < 1.29 is 17.6 Å². The molecule has 1 saturated carbocycles. The van der Waals surface area contributed by atoms with Gasteiger partial charge in [0.15, 0.2) is 0 Å². The molecule has 2 N–H and O–H groups in total. The Morgan fingerprint density at radius 1 is 1.07 bits per heavy atom. The van der Waals surface area contributed by atoms with Gasteiger partial charge >= 0.3 is 0 Å². The molecule has 1 heterocycles. The highest BCUT2D eigenvalue weighted by atomic mass is 32.2. The lowest BCUT2D eigenvalue weighted by molar-refractivity contribution is -0.121. The summed E-state index contributed by atoms with van der Waals surface area (Å²) in [6.07, 6.45) is 2.72. The fourth-order valence-corrected chi connectivity index (χ4v) is 5.61. The molecule has 30 heavy (non-hydrogen) atoms. The molecule has 1 aliphatic rings. The molecule has 158 valence electrons. The van der Waals surface area contributed by atoms with Crippen LogP contribution in [0.4, 0.5) is 10.1 Å². The molecule has 1 amide bonds. The van der Waals surface area contributed by atoms with Crippen molar-refractivity contribution in [3.05, 3.63) is 48.3 Å². The van der Waals surface area contributed by atoms with Gasteiger partial charge in [0.1, 0.15) is 21.7 Å². The zero-order valence-electron chi connectivity index (χ0n) is 16.0. The molecule has 7 nitrogen and oxygen atoms in total. The van der Waals surface area contributed by atoms with Gasteiger partial charge in [0.05, 0.1) is 17.4 Å². The average Bonchev–Trinajstić information content (AvgIpc) is 3.23. The maximum Gasteiger partial charge on any atom is 0.242 e. The maximum absolute atomic E-state index is 13.7. The van der Waals surface area contributed by atoms with E-state index in [4.69, 9.17) is 0 Å². The Morgan fingerprint density at radius 2 is 1.83 bits per heavy atom. The number of hydrogen-bond donors (Lipinski definition) is 2. The molecule has 4 rings (SSSR count). The fourth-order valence-electron chi connectivity index (χ4n) is 3.73. The summed E-state index contributed by atoms with van der Waals surface area (Å²) < 4.78 is 50.0. The quantitative estimate of drug-likeness (QED) is 0.601. The van der Waals surface area contributed by atoms with Gasteiger partial charge in [-0.3, -0.25) is 4.79 Å². The van der Waals surface area contributed by atoms with Crippen LogP contribution in [0.15, 0.2) is 47.4 Å². The number of amides is 1. The fraction of sp³-hybridized carbons (Fsp3) is 0.350. The minimum atomic E-state index is -3.70. The molecule has 3 aromatic rings. The summed E-state index contributed by atoms with van der Waals surface area (Å²) in [5.41, 5.74) is 1.12. The smallest absolute Gasteiger partial charge is 0.242 e. The number of benzene rings is 2. The summed E-state index contributed by atoms with van der Waals surface area (Å²) in [5.74, 6) is -0.710. The highest BCUT2D eigenvalue weighted by molar-refractivity contribution is 7.89. The van der Waals surface area contributed by atoms with E-state index < -0.39 is 15.8 Å². The Labute approximate surface area is 178 Å². The predicted molar refractivity (Wildman–Crippen MR) is 113 cm³/mol. The van der Waals surface area contributed by atoms with Crippen LogP contribution < -0.4 is 10.0 Å². The van der Waals surface area contributed by atoms with Gasteiger partial charge in [-0.2, -0.15) is 8.75 Å². The van der Waals surface area contributed by atoms with E-state index in [0.717, 1.165) is 24.6 Å². The molecule has 0 bridgehead atoms. The number of fused-ring (bicyclic) bond motifs is 1. The van der Waals surface area contributed by atoms with Crippen LogP contribution in [-0.4, -0.2) is 29.6 Å². The average molecular weight is 449 g/mol. The molecule has 0 radical (unpaired) electrons. The Morgan fingerprint density at radius 3 is 2.60 bits per heavy atom. The van der Waals surface area contributed by atoms with Crippen LogP contribution >= 0.6 is 11.7 Å². The van der Waals surface area contributed by atoms with Crippen molar-refractivity contribution in [3.8, 4) is 0 Å². The molecular formula is C20H21FN4O3S2. The zero-order valence-corrected chi connectivity index (χ0v) is 17.7. The van der Waals surface area contributed by atoms with Crippen LogP contribution in [-0.2, 0) is 14.8 Å². The number of rotatable bonds is 6.